The Morgan fingerprint density at radius 3 is 2.53 bits per heavy atom. The van der Waals surface area contributed by atoms with Crippen molar-refractivity contribution in [1.82, 2.24) is 19.2 Å². The first-order chi connectivity index (χ1) is 14.5. The highest BCUT2D eigenvalue weighted by molar-refractivity contribution is 7.90. The molecule has 11 heteroatoms. The molecule has 30 heavy (non-hydrogen) atoms. The van der Waals surface area contributed by atoms with Gasteiger partial charge in [0.05, 0.1) is 12.8 Å². The molecule has 0 atom stereocenters. The predicted molar refractivity (Wildman–Crippen MR) is 111 cm³/mol. The Labute approximate surface area is 175 Å². The summed E-state index contributed by atoms with van der Waals surface area (Å²) in [6.45, 7) is 4.09. The number of amides is 2. The fourth-order valence-electron chi connectivity index (χ4n) is 3.64. The van der Waals surface area contributed by atoms with Crippen LogP contribution in [-0.4, -0.2) is 80.0 Å². The third kappa shape index (κ3) is 4.03. The van der Waals surface area contributed by atoms with Crippen LogP contribution in [0.2, 0.25) is 0 Å². The van der Waals surface area contributed by atoms with Crippen LogP contribution in [0.1, 0.15) is 6.42 Å². The van der Waals surface area contributed by atoms with Crippen molar-refractivity contribution in [2.45, 2.75) is 11.3 Å². The molecule has 0 unspecified atom stereocenters. The van der Waals surface area contributed by atoms with Gasteiger partial charge in [0, 0.05) is 57.7 Å². The molecule has 1 aromatic carbocycles. The monoisotopic (exact) mass is 432 g/mol. The first-order valence-corrected chi connectivity index (χ1v) is 11.2. The Hall–Kier alpha value is -2.92. The van der Waals surface area contributed by atoms with E-state index in [0.29, 0.717) is 18.7 Å². The number of fused-ring (bicyclic) bond motifs is 1. The van der Waals surface area contributed by atoms with Gasteiger partial charge in [-0.05, 0) is 24.6 Å². The smallest absolute Gasteiger partial charge is 0.335 e. The number of aromatic nitrogens is 2. The number of methoxy groups -OCH3 is 1. The maximum absolute atomic E-state index is 12.9. The number of nitrogens with zero attached hydrogens (tertiary/aromatic N) is 5. The summed E-state index contributed by atoms with van der Waals surface area (Å²) in [5, 5.41) is 2.65. The van der Waals surface area contributed by atoms with E-state index in [1.165, 1.54) is 19.2 Å². The van der Waals surface area contributed by atoms with Crippen molar-refractivity contribution >= 4 is 27.7 Å². The van der Waals surface area contributed by atoms with E-state index < -0.39 is 16.1 Å². The van der Waals surface area contributed by atoms with E-state index in [1.54, 1.807) is 24.5 Å². The Balaban J connectivity index is 1.33. The standard InChI is InChI=1S/C19H24N6O4S/c1-29-15-4-5-16-17(14-15)30(27,28)25(19(26)22-16)9-3-8-23-10-12-24(13-11-23)18-20-6-2-7-21-18/h2,4-7,14H,3,8-13H2,1H3,(H,22,26). The summed E-state index contributed by atoms with van der Waals surface area (Å²) in [7, 11) is -2.44. The van der Waals surface area contributed by atoms with Crippen LogP contribution in [-0.2, 0) is 10.0 Å². The number of carbonyl (C=O) groups is 1. The molecule has 1 N–H and O–H groups in total. The number of rotatable bonds is 6. The number of piperazine rings is 1. The normalized spacial score (nSPS) is 18.6. The van der Waals surface area contributed by atoms with Gasteiger partial charge in [-0.3, -0.25) is 4.90 Å². The number of ether oxygens (including phenoxy) is 1. The molecule has 2 amide bonds. The minimum Gasteiger partial charge on any atom is -0.497 e. The molecule has 0 radical (unpaired) electrons. The number of carbonyl (C=O) groups excluding carboxylic acids is 1. The lowest BCUT2D eigenvalue weighted by Gasteiger charge is -2.35. The largest absolute Gasteiger partial charge is 0.497 e. The first-order valence-electron chi connectivity index (χ1n) is 9.75. The second-order valence-electron chi connectivity index (χ2n) is 7.10. The van der Waals surface area contributed by atoms with Crippen LogP contribution in [0.3, 0.4) is 0 Å². The lowest BCUT2D eigenvalue weighted by Crippen LogP contribution is -2.48. The fourth-order valence-corrected chi connectivity index (χ4v) is 5.17. The number of anilines is 2. The number of nitrogens with one attached hydrogen (secondary N) is 1. The maximum Gasteiger partial charge on any atom is 0.335 e. The molecule has 160 valence electrons. The Morgan fingerprint density at radius 1 is 1.10 bits per heavy atom. The molecular weight excluding hydrogens is 408 g/mol. The molecule has 4 rings (SSSR count). The van der Waals surface area contributed by atoms with Gasteiger partial charge >= 0.3 is 6.03 Å². The van der Waals surface area contributed by atoms with Gasteiger partial charge in [-0.25, -0.2) is 27.5 Å². The van der Waals surface area contributed by atoms with Gasteiger partial charge in [0.15, 0.2) is 0 Å². The summed E-state index contributed by atoms with van der Waals surface area (Å²) in [5.41, 5.74) is 0.274. The number of hydrogen-bond donors (Lipinski definition) is 1. The van der Waals surface area contributed by atoms with E-state index in [4.69, 9.17) is 4.74 Å². The summed E-state index contributed by atoms with van der Waals surface area (Å²) in [4.78, 5) is 25.4. The van der Waals surface area contributed by atoms with Gasteiger partial charge in [0.2, 0.25) is 5.95 Å². The Kier molecular flexibility index (Phi) is 5.73. The zero-order chi connectivity index (χ0) is 21.1. The minimum atomic E-state index is -3.91. The molecule has 3 heterocycles. The molecule has 0 spiro atoms. The van der Waals surface area contributed by atoms with Crippen LogP contribution in [0.15, 0.2) is 41.6 Å². The molecule has 0 aliphatic carbocycles. The molecule has 2 aliphatic heterocycles. The number of sulfonamides is 1. The van der Waals surface area contributed by atoms with Crippen LogP contribution >= 0.6 is 0 Å². The fraction of sp³-hybridized carbons (Fsp3) is 0.421. The molecule has 2 aliphatic rings. The summed E-state index contributed by atoms with van der Waals surface area (Å²) in [6, 6.07) is 5.75. The topological polar surface area (TPSA) is 108 Å². The molecule has 10 nitrogen and oxygen atoms in total. The summed E-state index contributed by atoms with van der Waals surface area (Å²) >= 11 is 0. The van der Waals surface area contributed by atoms with E-state index in [1.807, 2.05) is 0 Å². The van der Waals surface area contributed by atoms with Crippen molar-refractivity contribution in [3.63, 3.8) is 0 Å². The summed E-state index contributed by atoms with van der Waals surface area (Å²) in [5.74, 6) is 1.15. The second-order valence-corrected chi connectivity index (χ2v) is 8.93. The number of benzene rings is 1. The molecule has 1 saturated heterocycles. The maximum atomic E-state index is 12.9. The van der Waals surface area contributed by atoms with E-state index in [0.717, 1.165) is 36.4 Å². The van der Waals surface area contributed by atoms with Crippen LogP contribution in [0.25, 0.3) is 0 Å². The van der Waals surface area contributed by atoms with Crippen molar-refractivity contribution in [1.29, 1.82) is 0 Å². The van der Waals surface area contributed by atoms with E-state index in [-0.39, 0.29) is 17.1 Å². The van der Waals surface area contributed by atoms with Crippen molar-refractivity contribution in [3.8, 4) is 5.75 Å². The van der Waals surface area contributed by atoms with Crippen molar-refractivity contribution in [3.05, 3.63) is 36.7 Å². The minimum absolute atomic E-state index is 0.0536. The predicted octanol–water partition coefficient (Wildman–Crippen LogP) is 1.23. The van der Waals surface area contributed by atoms with Gasteiger partial charge in [0.1, 0.15) is 10.6 Å². The summed E-state index contributed by atoms with van der Waals surface area (Å²) in [6.07, 6.45) is 4.01. The highest BCUT2D eigenvalue weighted by Crippen LogP contribution is 2.33. The third-order valence-electron chi connectivity index (χ3n) is 5.27. The van der Waals surface area contributed by atoms with Gasteiger partial charge in [-0.2, -0.15) is 0 Å². The lowest BCUT2D eigenvalue weighted by molar-refractivity contribution is 0.225. The molecule has 2 aromatic rings. The first kappa shape index (κ1) is 20.4. The molecule has 0 bridgehead atoms. The highest BCUT2D eigenvalue weighted by atomic mass is 32.2. The highest BCUT2D eigenvalue weighted by Gasteiger charge is 2.36. The number of hydrogen-bond acceptors (Lipinski definition) is 8. The van der Waals surface area contributed by atoms with Gasteiger partial charge in [0.25, 0.3) is 10.0 Å². The molecular formula is C19H24N6O4S. The van der Waals surface area contributed by atoms with Crippen molar-refractivity contribution in [2.75, 3.05) is 56.6 Å². The third-order valence-corrected chi connectivity index (χ3v) is 7.09. The van der Waals surface area contributed by atoms with Crippen molar-refractivity contribution in [2.24, 2.45) is 0 Å². The molecule has 1 fully saturated rings. The van der Waals surface area contributed by atoms with E-state index in [2.05, 4.69) is 25.1 Å². The quantitative estimate of drug-likeness (QED) is 0.726. The van der Waals surface area contributed by atoms with Crippen LogP contribution in [0, 0.1) is 0 Å². The van der Waals surface area contributed by atoms with Crippen molar-refractivity contribution < 1.29 is 17.9 Å². The van der Waals surface area contributed by atoms with Gasteiger partial charge in [-0.1, -0.05) is 0 Å². The summed E-state index contributed by atoms with van der Waals surface area (Å²) < 4.78 is 31.9. The Morgan fingerprint density at radius 2 is 1.83 bits per heavy atom. The average molecular weight is 433 g/mol. The van der Waals surface area contributed by atoms with Gasteiger partial charge < -0.3 is 15.0 Å². The van der Waals surface area contributed by atoms with Crippen LogP contribution < -0.4 is 15.0 Å². The van der Waals surface area contributed by atoms with Crippen LogP contribution in [0.5, 0.6) is 5.75 Å². The zero-order valence-electron chi connectivity index (χ0n) is 16.7. The SMILES string of the molecule is COc1ccc2c(c1)S(=O)(=O)N(CCCN1CCN(c3ncccn3)CC1)C(=O)N2. The average Bonchev–Trinajstić information content (AvgIpc) is 2.77. The zero-order valence-corrected chi connectivity index (χ0v) is 17.5. The van der Waals surface area contributed by atoms with Crippen LogP contribution in [0.4, 0.5) is 16.4 Å². The molecule has 0 saturated carbocycles. The van der Waals surface area contributed by atoms with E-state index in [9.17, 15) is 13.2 Å². The Bertz CT molecular complexity index is 1010. The lowest BCUT2D eigenvalue weighted by atomic mass is 10.3. The molecule has 1 aromatic heterocycles. The van der Waals surface area contributed by atoms with E-state index >= 15 is 0 Å². The second kappa shape index (κ2) is 8.44. The number of urea groups is 1. The van der Waals surface area contributed by atoms with Gasteiger partial charge in [-0.15, -0.1) is 0 Å².